The highest BCUT2D eigenvalue weighted by atomic mass is 31.2. The van der Waals surface area contributed by atoms with Crippen LogP contribution in [0.5, 0.6) is 0 Å². The first-order valence-corrected chi connectivity index (χ1v) is 8.27. The van der Waals surface area contributed by atoms with Gasteiger partial charge < -0.3 is 18.5 Å². The van der Waals surface area contributed by atoms with Gasteiger partial charge in [0.15, 0.2) is 0 Å². The quantitative estimate of drug-likeness (QED) is 0.253. The number of esters is 1. The summed E-state index contributed by atoms with van der Waals surface area (Å²) in [6.45, 7) is 5.58. The Morgan fingerprint density at radius 1 is 1.20 bits per heavy atom. The molecule has 0 aliphatic heterocycles. The van der Waals surface area contributed by atoms with Gasteiger partial charge in [0.1, 0.15) is 0 Å². The molecule has 1 atom stereocenters. The third-order valence-electron chi connectivity index (χ3n) is 2.13. The number of carbonyl (C=O) groups is 1. The normalized spacial score (nSPS) is 12.7. The maximum absolute atomic E-state index is 12.6. The second-order valence-electron chi connectivity index (χ2n) is 3.66. The lowest BCUT2D eigenvalue weighted by Crippen LogP contribution is -2.29. The van der Waals surface area contributed by atoms with Crippen LogP contribution >= 0.6 is 7.60 Å². The average Bonchev–Trinajstić information content (AvgIpc) is 2.39. The average molecular weight is 306 g/mol. The first kappa shape index (κ1) is 19.1. The van der Waals surface area contributed by atoms with E-state index in [1.165, 1.54) is 0 Å². The second-order valence-corrected chi connectivity index (χ2v) is 5.72. The Kier molecular flexibility index (Phi) is 10.4. The topological polar surface area (TPSA) is 71.1 Å². The number of rotatable bonds is 11. The summed E-state index contributed by atoms with van der Waals surface area (Å²) >= 11 is 0. The van der Waals surface area contributed by atoms with Crippen molar-refractivity contribution in [3.05, 3.63) is 0 Å². The molecule has 0 aromatic carbocycles. The van der Waals surface area contributed by atoms with Gasteiger partial charge in [-0.1, -0.05) is 0 Å². The largest absolute Gasteiger partial charge is 0.464 e. The highest BCUT2D eigenvalue weighted by Gasteiger charge is 2.43. The Bertz CT molecular complexity index is 352. The van der Waals surface area contributed by atoms with Crippen LogP contribution in [0.3, 0.4) is 0 Å². The maximum Gasteiger partial charge on any atom is 0.370 e. The summed E-state index contributed by atoms with van der Waals surface area (Å²) in [4.78, 5) is 11.9. The van der Waals surface area contributed by atoms with Crippen LogP contribution in [-0.2, 0) is 27.9 Å². The van der Waals surface area contributed by atoms with Crippen molar-refractivity contribution in [2.24, 2.45) is 0 Å². The Morgan fingerprint density at radius 2 is 1.80 bits per heavy atom. The lowest BCUT2D eigenvalue weighted by Gasteiger charge is -2.24. The van der Waals surface area contributed by atoms with E-state index in [4.69, 9.17) is 24.9 Å². The lowest BCUT2D eigenvalue weighted by atomic mass is 10.3. The number of hydrogen-bond acceptors (Lipinski definition) is 6. The van der Waals surface area contributed by atoms with E-state index in [0.29, 0.717) is 12.8 Å². The molecule has 0 heterocycles. The molecular weight excluding hydrogens is 283 g/mol. The van der Waals surface area contributed by atoms with Crippen molar-refractivity contribution in [3.63, 3.8) is 0 Å². The molecule has 0 N–H and O–H groups in total. The van der Waals surface area contributed by atoms with Crippen LogP contribution in [0.1, 0.15) is 33.6 Å². The van der Waals surface area contributed by atoms with Gasteiger partial charge in [0, 0.05) is 13.0 Å². The Hall–Kier alpha value is -0.860. The minimum Gasteiger partial charge on any atom is -0.464 e. The molecule has 0 aromatic rings. The van der Waals surface area contributed by atoms with Gasteiger partial charge in [-0.15, -0.1) is 12.3 Å². The van der Waals surface area contributed by atoms with Crippen molar-refractivity contribution >= 4 is 13.6 Å². The molecular formula is C13H23O6P. The minimum atomic E-state index is -3.71. The van der Waals surface area contributed by atoms with Crippen LogP contribution in [-0.4, -0.2) is 38.2 Å². The van der Waals surface area contributed by atoms with E-state index < -0.39 is 19.4 Å². The molecule has 0 radical (unpaired) electrons. The van der Waals surface area contributed by atoms with E-state index in [1.807, 2.05) is 0 Å². The van der Waals surface area contributed by atoms with E-state index in [2.05, 4.69) is 5.92 Å². The molecule has 0 spiro atoms. The van der Waals surface area contributed by atoms with E-state index in [0.717, 1.165) is 0 Å². The fourth-order valence-corrected chi connectivity index (χ4v) is 3.09. The van der Waals surface area contributed by atoms with Crippen LogP contribution in [0.4, 0.5) is 0 Å². The van der Waals surface area contributed by atoms with Crippen LogP contribution in [0, 0.1) is 12.3 Å². The predicted octanol–water partition coefficient (Wildman–Crippen LogP) is 2.57. The van der Waals surface area contributed by atoms with Gasteiger partial charge in [-0.25, -0.2) is 4.79 Å². The number of hydrogen-bond donors (Lipinski definition) is 0. The molecule has 0 rings (SSSR count). The zero-order chi connectivity index (χ0) is 15.4. The molecule has 0 bridgehead atoms. The summed E-state index contributed by atoms with van der Waals surface area (Å²) in [7, 11) is -3.71. The summed E-state index contributed by atoms with van der Waals surface area (Å²) in [6, 6.07) is 0. The Labute approximate surface area is 120 Å². The van der Waals surface area contributed by atoms with Crippen LogP contribution in [0.15, 0.2) is 0 Å². The van der Waals surface area contributed by atoms with Gasteiger partial charge >= 0.3 is 13.6 Å². The third-order valence-corrected chi connectivity index (χ3v) is 4.31. The molecule has 0 fully saturated rings. The van der Waals surface area contributed by atoms with Gasteiger partial charge in [-0.3, -0.25) is 4.57 Å². The maximum atomic E-state index is 12.6. The second kappa shape index (κ2) is 10.9. The van der Waals surface area contributed by atoms with Crippen molar-refractivity contribution in [1.82, 2.24) is 0 Å². The summed E-state index contributed by atoms with van der Waals surface area (Å²) in [5.41, 5.74) is 0. The summed E-state index contributed by atoms with van der Waals surface area (Å²) in [5, 5.41) is 0. The first-order chi connectivity index (χ1) is 9.55. The molecule has 0 saturated heterocycles. The molecule has 0 amide bonds. The lowest BCUT2D eigenvalue weighted by molar-refractivity contribution is -0.152. The van der Waals surface area contributed by atoms with E-state index in [1.54, 1.807) is 20.8 Å². The van der Waals surface area contributed by atoms with Crippen molar-refractivity contribution in [2.45, 2.75) is 39.5 Å². The molecule has 6 nitrogen and oxygen atoms in total. The van der Waals surface area contributed by atoms with Crippen LogP contribution < -0.4 is 0 Å². The van der Waals surface area contributed by atoms with Crippen molar-refractivity contribution in [1.29, 1.82) is 0 Å². The molecule has 0 aliphatic carbocycles. The van der Waals surface area contributed by atoms with E-state index in [9.17, 15) is 9.36 Å². The fourth-order valence-electron chi connectivity index (χ4n) is 1.40. The van der Waals surface area contributed by atoms with E-state index in [-0.39, 0.29) is 26.4 Å². The van der Waals surface area contributed by atoms with Gasteiger partial charge in [0.05, 0.1) is 19.8 Å². The SMILES string of the molecule is C#CCCCOC(C(=O)OCC)P(=O)(OCC)OCC. The molecule has 1 unspecified atom stereocenters. The first-order valence-electron chi connectivity index (χ1n) is 6.66. The van der Waals surface area contributed by atoms with Crippen molar-refractivity contribution in [3.8, 4) is 12.3 Å². The summed E-state index contributed by atoms with van der Waals surface area (Å²) in [5.74, 6) is 0.331. The molecule has 0 aromatic heterocycles. The smallest absolute Gasteiger partial charge is 0.370 e. The molecule has 116 valence electrons. The third kappa shape index (κ3) is 6.53. The number of unbranched alkanes of at least 4 members (excludes halogenated alkanes) is 1. The highest BCUT2D eigenvalue weighted by molar-refractivity contribution is 7.55. The van der Waals surface area contributed by atoms with Gasteiger partial charge in [0.2, 0.25) is 0 Å². The molecule has 0 saturated carbocycles. The highest BCUT2D eigenvalue weighted by Crippen LogP contribution is 2.53. The molecule has 20 heavy (non-hydrogen) atoms. The number of carbonyl (C=O) groups excluding carboxylic acids is 1. The molecule has 0 aliphatic rings. The fraction of sp³-hybridized carbons (Fsp3) is 0.769. The van der Waals surface area contributed by atoms with Crippen molar-refractivity contribution < 1.29 is 27.9 Å². The molecule has 7 heteroatoms. The number of ether oxygens (including phenoxy) is 2. The van der Waals surface area contributed by atoms with Gasteiger partial charge in [-0.2, -0.15) is 0 Å². The monoisotopic (exact) mass is 306 g/mol. The van der Waals surface area contributed by atoms with Crippen molar-refractivity contribution in [2.75, 3.05) is 26.4 Å². The summed E-state index contributed by atoms with van der Waals surface area (Å²) in [6.07, 6.45) is 6.18. The predicted molar refractivity (Wildman–Crippen MR) is 75.3 cm³/mol. The summed E-state index contributed by atoms with van der Waals surface area (Å²) < 4.78 is 33.0. The Balaban J connectivity index is 4.90. The minimum absolute atomic E-state index is 0.140. The Morgan fingerprint density at radius 3 is 2.25 bits per heavy atom. The zero-order valence-electron chi connectivity index (χ0n) is 12.3. The van der Waals surface area contributed by atoms with Gasteiger partial charge in [0.25, 0.3) is 5.85 Å². The van der Waals surface area contributed by atoms with Crippen LogP contribution in [0.25, 0.3) is 0 Å². The number of terminal acetylenes is 1. The zero-order valence-corrected chi connectivity index (χ0v) is 13.2. The standard InChI is InChI=1S/C13H23O6P/c1-5-9-10-11-17-13(12(14)16-6-2)20(15,18-7-3)19-8-4/h1,13H,6-11H2,2-4H3. The van der Waals surface area contributed by atoms with Crippen LogP contribution in [0.2, 0.25) is 0 Å². The van der Waals surface area contributed by atoms with Gasteiger partial charge in [-0.05, 0) is 27.2 Å². The van der Waals surface area contributed by atoms with E-state index >= 15 is 0 Å².